The minimum Gasteiger partial charge on any atom is -0.309 e. The number of amides is 4. The number of anilines is 1. The van der Waals surface area contributed by atoms with Crippen molar-refractivity contribution in [1.82, 2.24) is 9.88 Å². The molecule has 6 heteroatoms. The molecule has 0 atom stereocenters. The van der Waals surface area contributed by atoms with Crippen molar-refractivity contribution in [1.29, 1.82) is 0 Å². The standard InChI is InChI=1S/C34H25N3O3/c1-23-17-19-28(20-18-23)37-33(39)29(32(38)35-34(37)40)21-26-22-30(24-11-5-2-6-12-24)36(27-15-9-4-10-16-27)31(26)25-13-7-3-8-14-25/h2-22H,1H3,(H,35,38,40). The normalized spacial score (nSPS) is 14.5. The molecule has 0 unspecified atom stereocenters. The Hall–Kier alpha value is -5.49. The van der Waals surface area contributed by atoms with Crippen LogP contribution in [0.4, 0.5) is 10.5 Å². The number of hydrogen-bond donors (Lipinski definition) is 1. The summed E-state index contributed by atoms with van der Waals surface area (Å²) < 4.78 is 2.13. The van der Waals surface area contributed by atoms with Crippen molar-refractivity contribution in [3.05, 3.63) is 138 Å². The van der Waals surface area contributed by atoms with Gasteiger partial charge in [0.15, 0.2) is 0 Å². The molecule has 0 radical (unpaired) electrons. The predicted molar refractivity (Wildman–Crippen MR) is 157 cm³/mol. The van der Waals surface area contributed by atoms with Crippen LogP contribution in [0.3, 0.4) is 0 Å². The monoisotopic (exact) mass is 523 g/mol. The number of nitrogens with zero attached hydrogens (tertiary/aromatic N) is 2. The third-order valence-corrected chi connectivity index (χ3v) is 6.86. The molecule has 6 nitrogen and oxygen atoms in total. The summed E-state index contributed by atoms with van der Waals surface area (Å²) in [5.41, 5.74) is 6.46. The van der Waals surface area contributed by atoms with Gasteiger partial charge >= 0.3 is 6.03 Å². The van der Waals surface area contributed by atoms with E-state index >= 15 is 0 Å². The van der Waals surface area contributed by atoms with Crippen molar-refractivity contribution in [2.75, 3.05) is 4.90 Å². The molecule has 4 aromatic carbocycles. The minimum absolute atomic E-state index is 0.123. The van der Waals surface area contributed by atoms with Crippen LogP contribution in [0.5, 0.6) is 0 Å². The van der Waals surface area contributed by atoms with Gasteiger partial charge in [0.05, 0.1) is 17.1 Å². The zero-order valence-corrected chi connectivity index (χ0v) is 21.7. The predicted octanol–water partition coefficient (Wildman–Crippen LogP) is 6.79. The summed E-state index contributed by atoms with van der Waals surface area (Å²) in [7, 11) is 0. The lowest BCUT2D eigenvalue weighted by atomic mass is 10.0. The number of imide groups is 2. The van der Waals surface area contributed by atoms with E-state index in [1.54, 1.807) is 18.2 Å². The molecule has 5 aromatic rings. The summed E-state index contributed by atoms with van der Waals surface area (Å²) in [4.78, 5) is 40.5. The molecule has 2 heterocycles. The fraction of sp³-hybridized carbons (Fsp3) is 0.0294. The van der Waals surface area contributed by atoms with Crippen LogP contribution in [0.2, 0.25) is 0 Å². The number of hydrogen-bond acceptors (Lipinski definition) is 3. The number of barbiturate groups is 1. The van der Waals surface area contributed by atoms with E-state index in [0.717, 1.165) is 38.7 Å². The van der Waals surface area contributed by atoms with Crippen molar-refractivity contribution in [3.63, 3.8) is 0 Å². The van der Waals surface area contributed by atoms with Crippen LogP contribution in [0.25, 0.3) is 34.3 Å². The molecule has 0 aliphatic carbocycles. The number of rotatable bonds is 5. The smallest absolute Gasteiger partial charge is 0.309 e. The highest BCUT2D eigenvalue weighted by Crippen LogP contribution is 2.37. The number of nitrogens with one attached hydrogen (secondary N) is 1. The molecule has 0 spiro atoms. The van der Waals surface area contributed by atoms with Gasteiger partial charge in [0.2, 0.25) is 0 Å². The van der Waals surface area contributed by atoms with Gasteiger partial charge in [0, 0.05) is 11.3 Å². The Balaban J connectivity index is 1.59. The Kier molecular flexibility index (Phi) is 6.42. The Morgan fingerprint density at radius 2 is 1.23 bits per heavy atom. The van der Waals surface area contributed by atoms with E-state index in [1.165, 1.54) is 0 Å². The Morgan fingerprint density at radius 3 is 1.85 bits per heavy atom. The fourth-order valence-electron chi connectivity index (χ4n) is 4.94. The quantitative estimate of drug-likeness (QED) is 0.204. The van der Waals surface area contributed by atoms with Gasteiger partial charge in [-0.3, -0.25) is 14.9 Å². The van der Waals surface area contributed by atoms with Crippen LogP contribution in [0.1, 0.15) is 11.1 Å². The highest BCUT2D eigenvalue weighted by molar-refractivity contribution is 6.39. The highest BCUT2D eigenvalue weighted by Gasteiger charge is 2.37. The molecule has 194 valence electrons. The third-order valence-electron chi connectivity index (χ3n) is 6.86. The van der Waals surface area contributed by atoms with Gasteiger partial charge in [-0.05, 0) is 54.5 Å². The first-order valence-electron chi connectivity index (χ1n) is 12.9. The maximum absolute atomic E-state index is 13.7. The van der Waals surface area contributed by atoms with Crippen molar-refractivity contribution >= 4 is 29.6 Å². The van der Waals surface area contributed by atoms with E-state index in [-0.39, 0.29) is 5.57 Å². The molecule has 0 bridgehead atoms. The van der Waals surface area contributed by atoms with Crippen molar-refractivity contribution in [2.24, 2.45) is 0 Å². The maximum atomic E-state index is 13.7. The summed E-state index contributed by atoms with van der Waals surface area (Å²) in [5.74, 6) is -1.41. The molecular formula is C34H25N3O3. The van der Waals surface area contributed by atoms with E-state index in [4.69, 9.17) is 0 Å². The first-order valence-corrected chi connectivity index (χ1v) is 12.9. The maximum Gasteiger partial charge on any atom is 0.335 e. The summed E-state index contributed by atoms with van der Waals surface area (Å²) >= 11 is 0. The van der Waals surface area contributed by atoms with Gasteiger partial charge in [-0.2, -0.15) is 0 Å². The molecule has 40 heavy (non-hydrogen) atoms. The van der Waals surface area contributed by atoms with Gasteiger partial charge in [0.25, 0.3) is 11.8 Å². The lowest BCUT2D eigenvalue weighted by Gasteiger charge is -2.26. The number of benzene rings is 4. The van der Waals surface area contributed by atoms with Crippen LogP contribution in [0, 0.1) is 6.92 Å². The Labute approximate surface area is 231 Å². The van der Waals surface area contributed by atoms with Crippen molar-refractivity contribution < 1.29 is 14.4 Å². The number of carbonyl (C=O) groups is 3. The average molecular weight is 524 g/mol. The van der Waals surface area contributed by atoms with Gasteiger partial charge in [-0.25, -0.2) is 9.69 Å². The van der Waals surface area contributed by atoms with Gasteiger partial charge in [-0.15, -0.1) is 0 Å². The molecule has 1 aliphatic rings. The minimum atomic E-state index is -0.772. The summed E-state index contributed by atoms with van der Waals surface area (Å²) in [5, 5.41) is 2.34. The average Bonchev–Trinajstić information content (AvgIpc) is 3.37. The number of carbonyl (C=O) groups excluding carboxylic acids is 3. The van der Waals surface area contributed by atoms with Crippen LogP contribution in [-0.4, -0.2) is 22.4 Å². The largest absolute Gasteiger partial charge is 0.335 e. The Bertz CT molecular complexity index is 1750. The van der Waals surface area contributed by atoms with E-state index in [1.807, 2.05) is 116 Å². The number of urea groups is 1. The molecule has 1 fully saturated rings. The molecule has 6 rings (SSSR count). The van der Waals surface area contributed by atoms with E-state index < -0.39 is 17.8 Å². The topological polar surface area (TPSA) is 71.4 Å². The van der Waals surface area contributed by atoms with E-state index in [2.05, 4.69) is 9.88 Å². The fourth-order valence-corrected chi connectivity index (χ4v) is 4.94. The molecule has 1 N–H and O–H groups in total. The highest BCUT2D eigenvalue weighted by atomic mass is 16.2. The van der Waals surface area contributed by atoms with Crippen LogP contribution in [-0.2, 0) is 9.59 Å². The van der Waals surface area contributed by atoms with Crippen molar-refractivity contribution in [2.45, 2.75) is 6.92 Å². The van der Waals surface area contributed by atoms with E-state index in [0.29, 0.717) is 11.3 Å². The first-order chi connectivity index (χ1) is 19.5. The summed E-state index contributed by atoms with van der Waals surface area (Å²) in [6, 6.07) is 38.0. The van der Waals surface area contributed by atoms with Crippen LogP contribution >= 0.6 is 0 Å². The zero-order chi connectivity index (χ0) is 27.6. The second kappa shape index (κ2) is 10.3. The SMILES string of the molecule is Cc1ccc(N2C(=O)NC(=O)C(=Cc3cc(-c4ccccc4)n(-c4ccccc4)c3-c3ccccc3)C2=O)cc1. The first kappa shape index (κ1) is 24.8. The van der Waals surface area contributed by atoms with Crippen LogP contribution < -0.4 is 10.2 Å². The van der Waals surface area contributed by atoms with Gasteiger partial charge in [-0.1, -0.05) is 96.6 Å². The van der Waals surface area contributed by atoms with Gasteiger partial charge < -0.3 is 4.57 Å². The Morgan fingerprint density at radius 1 is 0.650 bits per heavy atom. The molecule has 1 aliphatic heterocycles. The summed E-state index contributed by atoms with van der Waals surface area (Å²) in [6.45, 7) is 1.92. The second-order valence-corrected chi connectivity index (χ2v) is 9.53. The molecule has 0 saturated carbocycles. The molecule has 1 saturated heterocycles. The van der Waals surface area contributed by atoms with E-state index in [9.17, 15) is 14.4 Å². The number of aromatic nitrogens is 1. The number of para-hydroxylation sites is 1. The van der Waals surface area contributed by atoms with Crippen LogP contribution in [0.15, 0.2) is 127 Å². The molecule has 1 aromatic heterocycles. The second-order valence-electron chi connectivity index (χ2n) is 9.53. The molecular weight excluding hydrogens is 498 g/mol. The third kappa shape index (κ3) is 4.52. The lowest BCUT2D eigenvalue weighted by molar-refractivity contribution is -0.122. The zero-order valence-electron chi connectivity index (χ0n) is 21.7. The van der Waals surface area contributed by atoms with Crippen molar-refractivity contribution in [3.8, 4) is 28.2 Å². The van der Waals surface area contributed by atoms with Gasteiger partial charge in [0.1, 0.15) is 5.57 Å². The lowest BCUT2D eigenvalue weighted by Crippen LogP contribution is -2.54. The summed E-state index contributed by atoms with van der Waals surface area (Å²) in [6.07, 6.45) is 1.58. The molecule has 4 amide bonds. The number of aryl methyl sites for hydroxylation is 1.